The number of rotatable bonds is 4. The van der Waals surface area contributed by atoms with Gasteiger partial charge in [-0.25, -0.2) is 8.42 Å². The maximum Gasteiger partial charge on any atom is 0.263 e. The van der Waals surface area contributed by atoms with E-state index in [2.05, 4.69) is 5.32 Å². The summed E-state index contributed by atoms with van der Waals surface area (Å²) in [5.74, 6) is -0.262. The third-order valence-corrected chi connectivity index (χ3v) is 4.76. The second-order valence-electron chi connectivity index (χ2n) is 5.12. The summed E-state index contributed by atoms with van der Waals surface area (Å²) in [6.45, 7) is 0. The molecular formula is C13H17ClN2O3S. The van der Waals surface area contributed by atoms with Crippen molar-refractivity contribution in [1.29, 1.82) is 0 Å². The van der Waals surface area contributed by atoms with Crippen LogP contribution in [0.4, 0.5) is 5.69 Å². The van der Waals surface area contributed by atoms with Crippen LogP contribution in [-0.2, 0) is 9.05 Å². The quantitative estimate of drug-likeness (QED) is 0.862. The van der Waals surface area contributed by atoms with Gasteiger partial charge >= 0.3 is 0 Å². The zero-order valence-corrected chi connectivity index (χ0v) is 13.0. The zero-order chi connectivity index (χ0) is 14.9. The average molecular weight is 317 g/mol. The van der Waals surface area contributed by atoms with Crippen molar-refractivity contribution in [1.82, 2.24) is 5.32 Å². The summed E-state index contributed by atoms with van der Waals surface area (Å²) in [4.78, 5) is 13.6. The molecule has 0 heterocycles. The smallest absolute Gasteiger partial charge is 0.263 e. The highest BCUT2D eigenvalue weighted by Crippen LogP contribution is 2.28. The van der Waals surface area contributed by atoms with Crippen LogP contribution >= 0.6 is 10.7 Å². The van der Waals surface area contributed by atoms with Crippen LogP contribution < -0.4 is 10.2 Å². The van der Waals surface area contributed by atoms with Crippen molar-refractivity contribution in [3.8, 4) is 0 Å². The first kappa shape index (κ1) is 15.1. The lowest BCUT2D eigenvalue weighted by Crippen LogP contribution is -2.39. The molecule has 0 radical (unpaired) electrons. The van der Waals surface area contributed by atoms with Crippen molar-refractivity contribution >= 4 is 31.3 Å². The lowest BCUT2D eigenvalue weighted by Gasteiger charge is -2.26. The standard InChI is InChI=1S/C13H17ClN2O3S/c1-16(2)11-7-6-9(8-12(11)20(14,18)19)13(17)15-10-4-3-5-10/h6-8,10H,3-5H2,1-2H3,(H,15,17). The number of hydrogen-bond donors (Lipinski definition) is 1. The van der Waals surface area contributed by atoms with E-state index >= 15 is 0 Å². The first-order valence-electron chi connectivity index (χ1n) is 6.36. The summed E-state index contributed by atoms with van der Waals surface area (Å²) < 4.78 is 23.3. The number of nitrogens with zero attached hydrogens (tertiary/aromatic N) is 1. The van der Waals surface area contributed by atoms with E-state index in [-0.39, 0.29) is 16.8 Å². The van der Waals surface area contributed by atoms with Crippen LogP contribution in [-0.4, -0.2) is 34.5 Å². The highest BCUT2D eigenvalue weighted by atomic mass is 35.7. The molecule has 0 aromatic heterocycles. The Balaban J connectivity index is 2.33. The molecule has 1 N–H and O–H groups in total. The Morgan fingerprint density at radius 1 is 1.35 bits per heavy atom. The van der Waals surface area contributed by atoms with Gasteiger partial charge in [0.25, 0.3) is 15.0 Å². The highest BCUT2D eigenvalue weighted by Gasteiger charge is 2.23. The molecule has 110 valence electrons. The highest BCUT2D eigenvalue weighted by molar-refractivity contribution is 8.13. The van der Waals surface area contributed by atoms with Crippen LogP contribution in [0.5, 0.6) is 0 Å². The molecule has 1 aliphatic rings. The number of anilines is 1. The van der Waals surface area contributed by atoms with Crippen LogP contribution in [0.1, 0.15) is 29.6 Å². The van der Waals surface area contributed by atoms with Crippen molar-refractivity contribution in [2.75, 3.05) is 19.0 Å². The molecule has 1 saturated carbocycles. The lowest BCUT2D eigenvalue weighted by molar-refractivity contribution is 0.0917. The second kappa shape index (κ2) is 5.61. The van der Waals surface area contributed by atoms with Crippen LogP contribution in [0.15, 0.2) is 23.1 Å². The van der Waals surface area contributed by atoms with E-state index in [1.165, 1.54) is 6.07 Å². The van der Waals surface area contributed by atoms with Gasteiger partial charge in [0.05, 0.1) is 5.69 Å². The lowest BCUT2D eigenvalue weighted by atomic mass is 9.93. The predicted octanol–water partition coefficient (Wildman–Crippen LogP) is 1.96. The molecule has 1 aromatic rings. The zero-order valence-electron chi connectivity index (χ0n) is 11.4. The molecule has 0 unspecified atom stereocenters. The molecule has 0 atom stereocenters. The summed E-state index contributed by atoms with van der Waals surface area (Å²) >= 11 is 0. The molecule has 20 heavy (non-hydrogen) atoms. The molecule has 1 aromatic carbocycles. The maximum absolute atomic E-state index is 12.0. The molecule has 0 spiro atoms. The van der Waals surface area contributed by atoms with Gasteiger partial charge in [-0.2, -0.15) is 0 Å². The van der Waals surface area contributed by atoms with Gasteiger partial charge in [0.15, 0.2) is 0 Å². The van der Waals surface area contributed by atoms with E-state index in [0.29, 0.717) is 11.3 Å². The summed E-state index contributed by atoms with van der Waals surface area (Å²) in [5, 5.41) is 2.87. The number of carbonyl (C=O) groups is 1. The monoisotopic (exact) mass is 316 g/mol. The largest absolute Gasteiger partial charge is 0.377 e. The summed E-state index contributed by atoms with van der Waals surface area (Å²) in [6, 6.07) is 4.72. The molecular weight excluding hydrogens is 300 g/mol. The van der Waals surface area contributed by atoms with Crippen molar-refractivity contribution in [3.63, 3.8) is 0 Å². The van der Waals surface area contributed by atoms with Gasteiger partial charge in [0.1, 0.15) is 4.90 Å². The van der Waals surface area contributed by atoms with Gasteiger partial charge in [-0.05, 0) is 37.5 Å². The van der Waals surface area contributed by atoms with E-state index in [9.17, 15) is 13.2 Å². The Hall–Kier alpha value is -1.27. The Bertz CT molecular complexity index is 625. The van der Waals surface area contributed by atoms with Gasteiger partial charge < -0.3 is 10.2 Å². The molecule has 0 bridgehead atoms. The SMILES string of the molecule is CN(C)c1ccc(C(=O)NC2CCC2)cc1S(=O)(=O)Cl. The Kier molecular flexibility index (Phi) is 4.25. The third kappa shape index (κ3) is 3.24. The molecule has 1 aliphatic carbocycles. The molecule has 5 nitrogen and oxygen atoms in total. The van der Waals surface area contributed by atoms with Crippen molar-refractivity contribution in [2.24, 2.45) is 0 Å². The van der Waals surface area contributed by atoms with Crippen LogP contribution in [0.3, 0.4) is 0 Å². The second-order valence-corrected chi connectivity index (χ2v) is 7.65. The topological polar surface area (TPSA) is 66.5 Å². The normalized spacial score (nSPS) is 15.6. The van der Waals surface area contributed by atoms with Gasteiger partial charge in [0.2, 0.25) is 0 Å². The minimum atomic E-state index is -3.90. The maximum atomic E-state index is 12.0. The van der Waals surface area contributed by atoms with Crippen LogP contribution in [0, 0.1) is 0 Å². The van der Waals surface area contributed by atoms with E-state index in [0.717, 1.165) is 19.3 Å². The number of halogens is 1. The fourth-order valence-electron chi connectivity index (χ4n) is 2.04. The van der Waals surface area contributed by atoms with Crippen molar-refractivity contribution < 1.29 is 13.2 Å². The predicted molar refractivity (Wildman–Crippen MR) is 78.9 cm³/mol. The molecule has 2 rings (SSSR count). The van der Waals surface area contributed by atoms with Gasteiger partial charge in [-0.1, -0.05) is 0 Å². The number of amides is 1. The Morgan fingerprint density at radius 2 is 2.00 bits per heavy atom. The van der Waals surface area contributed by atoms with E-state index in [1.54, 1.807) is 31.1 Å². The van der Waals surface area contributed by atoms with Crippen molar-refractivity contribution in [2.45, 2.75) is 30.2 Å². The fourth-order valence-corrected chi connectivity index (χ4v) is 3.18. The fraction of sp³-hybridized carbons (Fsp3) is 0.462. The molecule has 1 fully saturated rings. The van der Waals surface area contributed by atoms with Gasteiger partial charge in [0, 0.05) is 36.4 Å². The third-order valence-electron chi connectivity index (χ3n) is 3.41. The van der Waals surface area contributed by atoms with Gasteiger partial charge in [-0.3, -0.25) is 4.79 Å². The van der Waals surface area contributed by atoms with Crippen molar-refractivity contribution in [3.05, 3.63) is 23.8 Å². The average Bonchev–Trinajstić information content (AvgIpc) is 2.31. The minimum Gasteiger partial charge on any atom is -0.377 e. The number of nitrogens with one attached hydrogen (secondary N) is 1. The van der Waals surface area contributed by atoms with E-state index in [4.69, 9.17) is 10.7 Å². The summed E-state index contributed by atoms with van der Waals surface area (Å²) in [5.41, 5.74) is 0.766. The number of hydrogen-bond acceptors (Lipinski definition) is 4. The van der Waals surface area contributed by atoms with Gasteiger partial charge in [-0.15, -0.1) is 0 Å². The Morgan fingerprint density at radius 3 is 2.45 bits per heavy atom. The van der Waals surface area contributed by atoms with E-state index in [1.807, 2.05) is 0 Å². The summed E-state index contributed by atoms with van der Waals surface area (Å²) in [6.07, 6.45) is 3.07. The summed E-state index contributed by atoms with van der Waals surface area (Å²) in [7, 11) is 4.97. The number of carbonyl (C=O) groups excluding carboxylic acids is 1. The molecule has 7 heteroatoms. The first-order chi connectivity index (χ1) is 9.29. The van der Waals surface area contributed by atoms with E-state index < -0.39 is 9.05 Å². The number of benzene rings is 1. The Labute approximate surface area is 123 Å². The first-order valence-corrected chi connectivity index (χ1v) is 8.67. The molecule has 0 aliphatic heterocycles. The molecule has 0 saturated heterocycles. The molecule has 1 amide bonds. The van der Waals surface area contributed by atoms with Crippen LogP contribution in [0.25, 0.3) is 0 Å². The van der Waals surface area contributed by atoms with Crippen LogP contribution in [0.2, 0.25) is 0 Å². The minimum absolute atomic E-state index is 0.0505.